The average Bonchev–Trinajstić information content (AvgIpc) is 3.25. The van der Waals surface area contributed by atoms with Gasteiger partial charge in [-0.15, -0.1) is 10.2 Å². The zero-order chi connectivity index (χ0) is 18.5. The second-order valence-corrected chi connectivity index (χ2v) is 7.32. The summed E-state index contributed by atoms with van der Waals surface area (Å²) in [6.07, 6.45) is 7.16. The van der Waals surface area contributed by atoms with Crippen molar-refractivity contribution in [2.45, 2.75) is 44.7 Å². The minimum atomic E-state index is 0.234. The zero-order valence-electron chi connectivity index (χ0n) is 16.0. The lowest BCUT2D eigenvalue weighted by Gasteiger charge is -2.32. The molecule has 0 spiro atoms. The number of likely N-dealkylation sites (tertiary alicyclic amines) is 1. The molecule has 1 aliphatic heterocycles. The molecule has 3 rings (SSSR count). The smallest absolute Gasteiger partial charge is 0.222 e. The van der Waals surface area contributed by atoms with Crippen LogP contribution in [0.1, 0.15) is 43.3 Å². The molecule has 0 radical (unpaired) electrons. The second kappa shape index (κ2) is 8.44. The number of carbonyl (C=O) groups excluding carboxylic acids is 1. The second-order valence-electron chi connectivity index (χ2n) is 7.32. The summed E-state index contributed by atoms with van der Waals surface area (Å²) in [5.74, 6) is 2.47. The van der Waals surface area contributed by atoms with Crippen LogP contribution in [0, 0.1) is 0 Å². The number of rotatable bonds is 7. The quantitative estimate of drug-likeness (QED) is 0.744. The van der Waals surface area contributed by atoms with Crippen molar-refractivity contribution in [2.75, 3.05) is 27.2 Å². The molecular weight excluding hydrogens is 330 g/mol. The van der Waals surface area contributed by atoms with Crippen molar-refractivity contribution < 1.29 is 4.79 Å². The van der Waals surface area contributed by atoms with E-state index < -0.39 is 0 Å². The maximum Gasteiger partial charge on any atom is 0.222 e. The lowest BCUT2D eigenvalue weighted by Crippen LogP contribution is -2.39. The van der Waals surface area contributed by atoms with Crippen molar-refractivity contribution in [3.63, 3.8) is 0 Å². The van der Waals surface area contributed by atoms with Gasteiger partial charge in [-0.25, -0.2) is 0 Å². The molecule has 1 saturated heterocycles. The summed E-state index contributed by atoms with van der Waals surface area (Å²) < 4.78 is 3.97. The van der Waals surface area contributed by atoms with E-state index in [4.69, 9.17) is 0 Å². The molecular formula is C18H29N7O. The molecule has 0 N–H and O–H groups in total. The first-order chi connectivity index (χ1) is 12.5. The van der Waals surface area contributed by atoms with E-state index in [1.54, 1.807) is 6.20 Å². The topological polar surface area (TPSA) is 72.1 Å². The Labute approximate surface area is 154 Å². The first-order valence-corrected chi connectivity index (χ1v) is 9.32. The molecule has 3 heterocycles. The fourth-order valence-corrected chi connectivity index (χ4v) is 3.55. The summed E-state index contributed by atoms with van der Waals surface area (Å²) in [5.41, 5.74) is 0. The molecule has 0 unspecified atom stereocenters. The lowest BCUT2D eigenvalue weighted by atomic mass is 9.96. The highest BCUT2D eigenvalue weighted by Crippen LogP contribution is 2.26. The first-order valence-electron chi connectivity index (χ1n) is 9.32. The van der Waals surface area contributed by atoms with Gasteiger partial charge < -0.3 is 14.4 Å². The van der Waals surface area contributed by atoms with Crippen molar-refractivity contribution in [3.8, 4) is 0 Å². The van der Waals surface area contributed by atoms with Gasteiger partial charge in [-0.05, 0) is 39.4 Å². The summed E-state index contributed by atoms with van der Waals surface area (Å²) >= 11 is 0. The monoisotopic (exact) mass is 359 g/mol. The van der Waals surface area contributed by atoms with Crippen LogP contribution in [0.3, 0.4) is 0 Å². The molecule has 1 atom stereocenters. The van der Waals surface area contributed by atoms with Crippen molar-refractivity contribution in [1.29, 1.82) is 0 Å². The summed E-state index contributed by atoms with van der Waals surface area (Å²) in [4.78, 5) is 16.7. The van der Waals surface area contributed by atoms with E-state index >= 15 is 0 Å². The minimum Gasteiger partial charge on any atom is -0.342 e. The van der Waals surface area contributed by atoms with E-state index in [0.29, 0.717) is 6.42 Å². The maximum atomic E-state index is 12.6. The Morgan fingerprint density at radius 1 is 1.35 bits per heavy atom. The highest BCUT2D eigenvalue weighted by atomic mass is 16.2. The molecule has 2 aromatic heterocycles. The van der Waals surface area contributed by atoms with Gasteiger partial charge in [0.2, 0.25) is 5.91 Å². The van der Waals surface area contributed by atoms with E-state index in [1.165, 1.54) is 0 Å². The van der Waals surface area contributed by atoms with Crippen molar-refractivity contribution in [3.05, 3.63) is 30.1 Å². The number of aryl methyl sites for hydroxylation is 1. The van der Waals surface area contributed by atoms with E-state index in [0.717, 1.165) is 57.1 Å². The highest BCUT2D eigenvalue weighted by Gasteiger charge is 2.28. The van der Waals surface area contributed by atoms with Crippen LogP contribution in [-0.2, 0) is 24.9 Å². The molecule has 8 heteroatoms. The molecule has 26 heavy (non-hydrogen) atoms. The van der Waals surface area contributed by atoms with Gasteiger partial charge in [0.25, 0.3) is 0 Å². The Morgan fingerprint density at radius 2 is 2.19 bits per heavy atom. The Hall–Kier alpha value is -2.22. The van der Waals surface area contributed by atoms with Gasteiger partial charge in [0.05, 0.1) is 6.54 Å². The third kappa shape index (κ3) is 4.49. The number of piperidine rings is 1. The molecule has 1 fully saturated rings. The van der Waals surface area contributed by atoms with Gasteiger partial charge in [-0.3, -0.25) is 9.48 Å². The van der Waals surface area contributed by atoms with Crippen LogP contribution in [-0.4, -0.2) is 67.4 Å². The number of carbonyl (C=O) groups is 1. The Bertz CT molecular complexity index is 707. The summed E-state index contributed by atoms with van der Waals surface area (Å²) in [5, 5.41) is 12.9. The highest BCUT2D eigenvalue weighted by molar-refractivity contribution is 5.76. The third-order valence-corrected chi connectivity index (χ3v) is 4.93. The van der Waals surface area contributed by atoms with Crippen LogP contribution in [0.2, 0.25) is 0 Å². The normalized spacial score (nSPS) is 17.8. The van der Waals surface area contributed by atoms with Crippen LogP contribution in [0.4, 0.5) is 0 Å². The SMILES string of the molecule is CN(C)Cc1nnc([C@H]2CCCN(C(=O)CCCn3cccn3)C2)n1C. The van der Waals surface area contributed by atoms with Crippen LogP contribution in [0.15, 0.2) is 18.5 Å². The minimum absolute atomic E-state index is 0.234. The average molecular weight is 359 g/mol. The van der Waals surface area contributed by atoms with Gasteiger partial charge in [0.15, 0.2) is 0 Å². The van der Waals surface area contributed by atoms with Crippen LogP contribution in [0.5, 0.6) is 0 Å². The van der Waals surface area contributed by atoms with Gasteiger partial charge in [-0.1, -0.05) is 0 Å². The molecule has 0 aromatic carbocycles. The number of hydrogen-bond donors (Lipinski definition) is 0. The number of aromatic nitrogens is 5. The largest absolute Gasteiger partial charge is 0.342 e. The van der Waals surface area contributed by atoms with E-state index in [-0.39, 0.29) is 11.8 Å². The van der Waals surface area contributed by atoms with Crippen molar-refractivity contribution >= 4 is 5.91 Å². The number of hydrogen-bond acceptors (Lipinski definition) is 5. The van der Waals surface area contributed by atoms with Crippen molar-refractivity contribution in [1.82, 2.24) is 34.3 Å². The van der Waals surface area contributed by atoms with E-state index in [9.17, 15) is 4.79 Å². The number of nitrogens with zero attached hydrogens (tertiary/aromatic N) is 7. The lowest BCUT2D eigenvalue weighted by molar-refractivity contribution is -0.132. The van der Waals surface area contributed by atoms with Gasteiger partial charge >= 0.3 is 0 Å². The Kier molecular flexibility index (Phi) is 6.03. The zero-order valence-corrected chi connectivity index (χ0v) is 16.0. The molecule has 0 saturated carbocycles. The fourth-order valence-electron chi connectivity index (χ4n) is 3.55. The summed E-state index contributed by atoms with van der Waals surface area (Å²) in [7, 11) is 6.08. The fraction of sp³-hybridized carbons (Fsp3) is 0.667. The predicted octanol–water partition coefficient (Wildman–Crippen LogP) is 1.26. The standard InChI is InChI=1S/C18H29N7O/c1-22(2)14-16-20-21-18(23(16)3)15-7-4-10-24(13-15)17(26)8-5-11-25-12-6-9-19-25/h6,9,12,15H,4-5,7-8,10-11,13-14H2,1-3H3/t15-/m0/s1. The molecule has 0 aliphatic carbocycles. The Balaban J connectivity index is 1.55. The van der Waals surface area contributed by atoms with E-state index in [2.05, 4.69) is 24.8 Å². The van der Waals surface area contributed by atoms with Crippen molar-refractivity contribution in [2.24, 2.45) is 7.05 Å². The van der Waals surface area contributed by atoms with Gasteiger partial charge in [0.1, 0.15) is 11.6 Å². The maximum absolute atomic E-state index is 12.6. The third-order valence-electron chi connectivity index (χ3n) is 4.93. The van der Waals surface area contributed by atoms with E-state index in [1.807, 2.05) is 43.0 Å². The van der Waals surface area contributed by atoms with Crippen LogP contribution < -0.4 is 0 Å². The summed E-state index contributed by atoms with van der Waals surface area (Å²) in [6, 6.07) is 1.91. The first kappa shape index (κ1) is 18.6. The van der Waals surface area contributed by atoms with Gasteiger partial charge in [-0.2, -0.15) is 5.10 Å². The predicted molar refractivity (Wildman–Crippen MR) is 98.4 cm³/mol. The van der Waals surface area contributed by atoms with Gasteiger partial charge in [0, 0.05) is 51.4 Å². The molecule has 1 aliphatic rings. The number of amides is 1. The molecule has 0 bridgehead atoms. The molecule has 1 amide bonds. The van der Waals surface area contributed by atoms with Crippen LogP contribution >= 0.6 is 0 Å². The summed E-state index contributed by atoms with van der Waals surface area (Å²) in [6.45, 7) is 3.15. The molecule has 8 nitrogen and oxygen atoms in total. The molecule has 2 aromatic rings. The molecule has 142 valence electrons. The Morgan fingerprint density at radius 3 is 2.92 bits per heavy atom. The van der Waals surface area contributed by atoms with Crippen LogP contribution in [0.25, 0.3) is 0 Å².